The second-order valence-electron chi connectivity index (χ2n) is 3.85. The third kappa shape index (κ3) is 3.17. The molecule has 0 spiro atoms. The number of hydrogen-bond donors (Lipinski definition) is 2. The van der Waals surface area contributed by atoms with E-state index >= 15 is 0 Å². The number of carbonyl (C=O) groups excluding carboxylic acids is 1. The van der Waals surface area contributed by atoms with E-state index < -0.39 is 23.5 Å². The van der Waals surface area contributed by atoms with Crippen molar-refractivity contribution >= 4 is 11.9 Å². The van der Waals surface area contributed by atoms with E-state index in [1.165, 1.54) is 13.8 Å². The van der Waals surface area contributed by atoms with Crippen molar-refractivity contribution in [3.63, 3.8) is 0 Å². The fourth-order valence-corrected chi connectivity index (χ4v) is 1.08. The molecule has 1 amide bonds. The van der Waals surface area contributed by atoms with Gasteiger partial charge in [0.25, 0.3) is 5.91 Å². The zero-order valence-electron chi connectivity index (χ0n) is 8.78. The second-order valence-corrected chi connectivity index (χ2v) is 3.85. The molecule has 1 rings (SSSR count). The minimum atomic E-state index is -1.29. The summed E-state index contributed by atoms with van der Waals surface area (Å²) in [5, 5.41) is 11.2. The van der Waals surface area contributed by atoms with E-state index in [1.807, 2.05) is 0 Å². The van der Waals surface area contributed by atoms with Gasteiger partial charge in [-0.25, -0.2) is 4.79 Å². The lowest BCUT2D eigenvalue weighted by Gasteiger charge is -2.27. The molecule has 0 radical (unpaired) electrons. The van der Waals surface area contributed by atoms with Crippen LogP contribution in [-0.4, -0.2) is 48.4 Å². The van der Waals surface area contributed by atoms with Crippen LogP contribution in [0.3, 0.4) is 0 Å². The molecule has 0 bridgehead atoms. The normalized spacial score (nSPS) is 22.1. The molecule has 0 saturated carbocycles. The number of carboxylic acids is 1. The van der Waals surface area contributed by atoms with E-state index in [9.17, 15) is 9.59 Å². The van der Waals surface area contributed by atoms with E-state index in [-0.39, 0.29) is 6.61 Å². The Bertz CT molecular complexity index is 257. The van der Waals surface area contributed by atoms with Crippen molar-refractivity contribution in [1.29, 1.82) is 0 Å². The van der Waals surface area contributed by atoms with Gasteiger partial charge in [-0.15, -0.1) is 0 Å². The third-order valence-electron chi connectivity index (χ3n) is 2.08. The largest absolute Gasteiger partial charge is 0.480 e. The highest BCUT2D eigenvalue weighted by atomic mass is 16.6. The number of aliphatic carboxylic acids is 1. The van der Waals surface area contributed by atoms with Gasteiger partial charge < -0.3 is 19.9 Å². The van der Waals surface area contributed by atoms with Gasteiger partial charge in [0.15, 0.2) is 6.10 Å². The van der Waals surface area contributed by atoms with Crippen molar-refractivity contribution in [2.75, 3.05) is 19.8 Å². The number of rotatable bonds is 3. The van der Waals surface area contributed by atoms with E-state index in [0.29, 0.717) is 13.2 Å². The van der Waals surface area contributed by atoms with Gasteiger partial charge in [0.1, 0.15) is 5.54 Å². The van der Waals surface area contributed by atoms with E-state index in [2.05, 4.69) is 5.32 Å². The summed E-state index contributed by atoms with van der Waals surface area (Å²) in [6.45, 7) is 3.81. The lowest BCUT2D eigenvalue weighted by Crippen LogP contribution is -2.54. The average Bonchev–Trinajstić information content (AvgIpc) is 2.18. The van der Waals surface area contributed by atoms with Crippen LogP contribution in [0.4, 0.5) is 0 Å². The fourth-order valence-electron chi connectivity index (χ4n) is 1.08. The molecule has 86 valence electrons. The molecule has 0 aromatic carbocycles. The number of amides is 1. The summed E-state index contributed by atoms with van der Waals surface area (Å²) < 4.78 is 10.2. The molecule has 0 aromatic heterocycles. The molecular weight excluding hydrogens is 202 g/mol. The average molecular weight is 217 g/mol. The standard InChI is InChI=1S/C9H15NO5/c1-9(2,8(12)13)10-7(11)6-5-14-3-4-15-6/h6H,3-5H2,1-2H3,(H,10,11)(H,12,13). The maximum absolute atomic E-state index is 11.5. The predicted molar refractivity (Wildman–Crippen MR) is 50.4 cm³/mol. The second kappa shape index (κ2) is 4.59. The fraction of sp³-hybridized carbons (Fsp3) is 0.778. The molecule has 2 N–H and O–H groups in total. The Morgan fingerprint density at radius 2 is 2.07 bits per heavy atom. The number of carbonyl (C=O) groups is 2. The molecule has 1 aliphatic heterocycles. The number of carboxylic acid groups (broad SMARTS) is 1. The Hall–Kier alpha value is -1.14. The van der Waals surface area contributed by atoms with Crippen LogP contribution in [-0.2, 0) is 19.1 Å². The summed E-state index contributed by atoms with van der Waals surface area (Å²) >= 11 is 0. The van der Waals surface area contributed by atoms with Gasteiger partial charge in [0, 0.05) is 0 Å². The minimum Gasteiger partial charge on any atom is -0.480 e. The first-order valence-electron chi connectivity index (χ1n) is 4.68. The van der Waals surface area contributed by atoms with Crippen LogP contribution in [0.15, 0.2) is 0 Å². The van der Waals surface area contributed by atoms with Crippen molar-refractivity contribution in [2.24, 2.45) is 0 Å². The first kappa shape index (κ1) is 11.9. The van der Waals surface area contributed by atoms with Crippen LogP contribution in [0, 0.1) is 0 Å². The summed E-state index contributed by atoms with van der Waals surface area (Å²) in [4.78, 5) is 22.3. The Labute approximate surface area is 87.5 Å². The highest BCUT2D eigenvalue weighted by molar-refractivity contribution is 5.88. The van der Waals surface area contributed by atoms with Gasteiger partial charge in [0.05, 0.1) is 19.8 Å². The monoisotopic (exact) mass is 217 g/mol. The molecule has 1 saturated heterocycles. The Balaban J connectivity index is 2.50. The van der Waals surface area contributed by atoms with Gasteiger partial charge in [-0.1, -0.05) is 0 Å². The van der Waals surface area contributed by atoms with Gasteiger partial charge in [-0.2, -0.15) is 0 Å². The van der Waals surface area contributed by atoms with Gasteiger partial charge in [-0.05, 0) is 13.8 Å². The highest BCUT2D eigenvalue weighted by Gasteiger charge is 2.33. The van der Waals surface area contributed by atoms with Crippen molar-refractivity contribution < 1.29 is 24.2 Å². The number of hydrogen-bond acceptors (Lipinski definition) is 4. The van der Waals surface area contributed by atoms with Crippen LogP contribution in [0.2, 0.25) is 0 Å². The topological polar surface area (TPSA) is 84.9 Å². The smallest absolute Gasteiger partial charge is 0.328 e. The highest BCUT2D eigenvalue weighted by Crippen LogP contribution is 2.06. The zero-order valence-corrected chi connectivity index (χ0v) is 8.78. The van der Waals surface area contributed by atoms with Gasteiger partial charge >= 0.3 is 5.97 Å². The molecule has 1 fully saturated rings. The molecular formula is C9H15NO5. The lowest BCUT2D eigenvalue weighted by atomic mass is 10.1. The molecule has 1 heterocycles. The molecule has 0 aromatic rings. The maximum Gasteiger partial charge on any atom is 0.328 e. The first-order chi connectivity index (χ1) is 6.93. The SMILES string of the molecule is CC(C)(NC(=O)C1COCCO1)C(=O)O. The molecule has 1 unspecified atom stereocenters. The van der Waals surface area contributed by atoms with Crippen molar-refractivity contribution in [3.05, 3.63) is 0 Å². The third-order valence-corrected chi connectivity index (χ3v) is 2.08. The predicted octanol–water partition coefficient (Wildman–Crippen LogP) is -0.619. The van der Waals surface area contributed by atoms with E-state index in [1.54, 1.807) is 0 Å². The van der Waals surface area contributed by atoms with Crippen LogP contribution in [0.1, 0.15) is 13.8 Å². The first-order valence-corrected chi connectivity index (χ1v) is 4.68. The van der Waals surface area contributed by atoms with E-state index in [0.717, 1.165) is 0 Å². The van der Waals surface area contributed by atoms with Crippen molar-refractivity contribution in [1.82, 2.24) is 5.32 Å². The van der Waals surface area contributed by atoms with Crippen LogP contribution < -0.4 is 5.32 Å². The molecule has 1 atom stereocenters. The van der Waals surface area contributed by atoms with Crippen LogP contribution >= 0.6 is 0 Å². The summed E-state index contributed by atoms with van der Waals surface area (Å²) in [5.41, 5.74) is -1.29. The zero-order chi connectivity index (χ0) is 11.5. The Morgan fingerprint density at radius 1 is 1.40 bits per heavy atom. The van der Waals surface area contributed by atoms with Crippen molar-refractivity contribution in [2.45, 2.75) is 25.5 Å². The summed E-state index contributed by atoms with van der Waals surface area (Å²) in [7, 11) is 0. The number of ether oxygens (including phenoxy) is 2. The quantitative estimate of drug-likeness (QED) is 0.658. The minimum absolute atomic E-state index is 0.168. The molecule has 15 heavy (non-hydrogen) atoms. The number of nitrogens with one attached hydrogen (secondary N) is 1. The lowest BCUT2D eigenvalue weighted by molar-refractivity contribution is -0.155. The summed E-state index contributed by atoms with van der Waals surface area (Å²) in [6, 6.07) is 0. The van der Waals surface area contributed by atoms with Crippen LogP contribution in [0.25, 0.3) is 0 Å². The maximum atomic E-state index is 11.5. The summed E-state index contributed by atoms with van der Waals surface area (Å²) in [5.74, 6) is -1.55. The molecule has 6 nitrogen and oxygen atoms in total. The molecule has 0 aliphatic carbocycles. The Morgan fingerprint density at radius 3 is 2.53 bits per heavy atom. The summed E-state index contributed by atoms with van der Waals surface area (Å²) in [6.07, 6.45) is -0.711. The van der Waals surface area contributed by atoms with Crippen molar-refractivity contribution in [3.8, 4) is 0 Å². The van der Waals surface area contributed by atoms with Gasteiger partial charge in [0.2, 0.25) is 0 Å². The molecule has 1 aliphatic rings. The Kier molecular flexibility index (Phi) is 3.65. The van der Waals surface area contributed by atoms with E-state index in [4.69, 9.17) is 14.6 Å². The molecule has 6 heteroatoms. The van der Waals surface area contributed by atoms with Crippen LogP contribution in [0.5, 0.6) is 0 Å². The van der Waals surface area contributed by atoms with Gasteiger partial charge in [-0.3, -0.25) is 4.79 Å².